The number of aromatic nitrogens is 2. The third kappa shape index (κ3) is 2.66. The molecular formula is C13H22N4O. The van der Waals surface area contributed by atoms with Crippen molar-refractivity contribution < 1.29 is 4.42 Å². The molecule has 1 aromatic rings. The highest BCUT2D eigenvalue weighted by Gasteiger charge is 2.53. The Morgan fingerprint density at radius 2 is 2.11 bits per heavy atom. The maximum absolute atomic E-state index is 5.56. The number of hydrogen-bond donors (Lipinski definition) is 2. The van der Waals surface area contributed by atoms with Crippen LogP contribution in [0.1, 0.15) is 45.4 Å². The monoisotopic (exact) mass is 250 g/mol. The largest absolute Gasteiger partial charge is 0.407 e. The fourth-order valence-electron chi connectivity index (χ4n) is 2.53. The Bertz CT molecular complexity index is 407. The molecule has 0 bridgehead atoms. The van der Waals surface area contributed by atoms with Gasteiger partial charge in [-0.2, -0.15) is 0 Å². The first kappa shape index (κ1) is 12.0. The van der Waals surface area contributed by atoms with Gasteiger partial charge in [0, 0.05) is 12.6 Å². The van der Waals surface area contributed by atoms with E-state index in [9.17, 15) is 0 Å². The lowest BCUT2D eigenvalue weighted by Crippen LogP contribution is -2.21. The Morgan fingerprint density at radius 1 is 1.33 bits per heavy atom. The van der Waals surface area contributed by atoms with E-state index < -0.39 is 0 Å². The summed E-state index contributed by atoms with van der Waals surface area (Å²) in [7, 11) is 0. The fourth-order valence-corrected chi connectivity index (χ4v) is 2.53. The van der Waals surface area contributed by atoms with Crippen LogP contribution in [0.25, 0.3) is 0 Å². The number of nitrogens with one attached hydrogen (secondary N) is 2. The maximum atomic E-state index is 5.56. The van der Waals surface area contributed by atoms with Crippen molar-refractivity contribution in [2.24, 2.45) is 11.3 Å². The molecule has 5 heteroatoms. The van der Waals surface area contributed by atoms with E-state index in [1.165, 1.54) is 25.7 Å². The predicted molar refractivity (Wildman–Crippen MR) is 69.2 cm³/mol. The highest BCUT2D eigenvalue weighted by Crippen LogP contribution is 2.61. The summed E-state index contributed by atoms with van der Waals surface area (Å²) in [6, 6.07) is 1.00. The van der Waals surface area contributed by atoms with Crippen molar-refractivity contribution in [1.29, 1.82) is 0 Å². The van der Waals surface area contributed by atoms with Crippen molar-refractivity contribution >= 4 is 6.01 Å². The SMILES string of the molecule is CC(C)NCc1nnc(NCC2(C3CC3)CC2)o1. The molecule has 1 heterocycles. The van der Waals surface area contributed by atoms with Gasteiger partial charge in [-0.05, 0) is 37.0 Å². The molecule has 2 aliphatic rings. The van der Waals surface area contributed by atoms with Crippen molar-refractivity contribution in [2.45, 2.75) is 52.1 Å². The lowest BCUT2D eigenvalue weighted by molar-refractivity contribution is 0.438. The molecule has 5 nitrogen and oxygen atoms in total. The normalized spacial score (nSPS) is 21.3. The molecule has 0 unspecified atom stereocenters. The molecule has 0 saturated heterocycles. The summed E-state index contributed by atoms with van der Waals surface area (Å²) in [5.41, 5.74) is 0.560. The van der Waals surface area contributed by atoms with E-state index >= 15 is 0 Å². The van der Waals surface area contributed by atoms with Crippen LogP contribution >= 0.6 is 0 Å². The molecule has 0 spiro atoms. The zero-order valence-corrected chi connectivity index (χ0v) is 11.2. The second kappa shape index (κ2) is 4.53. The van der Waals surface area contributed by atoms with E-state index in [0.717, 1.165) is 12.5 Å². The number of nitrogens with zero attached hydrogens (tertiary/aromatic N) is 2. The summed E-state index contributed by atoms with van der Waals surface area (Å²) < 4.78 is 5.56. The van der Waals surface area contributed by atoms with Crippen LogP contribution in [0.3, 0.4) is 0 Å². The smallest absolute Gasteiger partial charge is 0.315 e. The van der Waals surface area contributed by atoms with Gasteiger partial charge in [0.15, 0.2) is 0 Å². The van der Waals surface area contributed by atoms with Crippen LogP contribution in [0.15, 0.2) is 4.42 Å². The number of rotatable bonds is 7. The van der Waals surface area contributed by atoms with Gasteiger partial charge in [0.05, 0.1) is 6.54 Å². The molecule has 2 N–H and O–H groups in total. The summed E-state index contributed by atoms with van der Waals surface area (Å²) in [5.74, 6) is 1.61. The van der Waals surface area contributed by atoms with Gasteiger partial charge in [0.25, 0.3) is 0 Å². The van der Waals surface area contributed by atoms with E-state index in [-0.39, 0.29) is 0 Å². The zero-order valence-electron chi connectivity index (χ0n) is 11.2. The summed E-state index contributed by atoms with van der Waals surface area (Å²) in [6.45, 7) is 5.83. The van der Waals surface area contributed by atoms with Gasteiger partial charge in [-0.3, -0.25) is 0 Å². The van der Waals surface area contributed by atoms with Crippen LogP contribution in [0, 0.1) is 11.3 Å². The molecule has 100 valence electrons. The summed E-state index contributed by atoms with van der Waals surface area (Å²) in [5, 5.41) is 14.6. The van der Waals surface area contributed by atoms with Gasteiger partial charge in [0.2, 0.25) is 5.89 Å². The average Bonchev–Trinajstić information content (AvgIpc) is 3.22. The minimum Gasteiger partial charge on any atom is -0.407 e. The van der Waals surface area contributed by atoms with E-state index in [0.29, 0.717) is 29.9 Å². The zero-order chi connectivity index (χ0) is 12.6. The second-order valence-electron chi connectivity index (χ2n) is 6.03. The van der Waals surface area contributed by atoms with E-state index in [4.69, 9.17) is 4.42 Å². The van der Waals surface area contributed by atoms with Crippen molar-refractivity contribution in [2.75, 3.05) is 11.9 Å². The quantitative estimate of drug-likeness (QED) is 0.776. The minimum absolute atomic E-state index is 0.429. The molecule has 0 radical (unpaired) electrons. The Balaban J connectivity index is 1.48. The van der Waals surface area contributed by atoms with Crippen LogP contribution < -0.4 is 10.6 Å². The van der Waals surface area contributed by atoms with Crippen LogP contribution in [-0.2, 0) is 6.54 Å². The standard InChI is InChI=1S/C13H22N4O/c1-9(2)14-7-11-16-17-12(18-11)15-8-13(5-6-13)10-3-4-10/h9-10,14H,3-8H2,1-2H3,(H,15,17). The molecule has 2 fully saturated rings. The third-order valence-corrected chi connectivity index (χ3v) is 4.06. The Labute approximate surface area is 108 Å². The Hall–Kier alpha value is -1.10. The molecule has 2 aliphatic carbocycles. The third-order valence-electron chi connectivity index (χ3n) is 4.06. The molecule has 18 heavy (non-hydrogen) atoms. The average molecular weight is 250 g/mol. The van der Waals surface area contributed by atoms with Crippen LogP contribution in [-0.4, -0.2) is 22.8 Å². The van der Waals surface area contributed by atoms with Gasteiger partial charge in [0.1, 0.15) is 0 Å². The fraction of sp³-hybridized carbons (Fsp3) is 0.846. The maximum Gasteiger partial charge on any atom is 0.315 e. The number of anilines is 1. The highest BCUT2D eigenvalue weighted by atomic mass is 16.4. The van der Waals surface area contributed by atoms with Crippen molar-refractivity contribution in [1.82, 2.24) is 15.5 Å². The van der Waals surface area contributed by atoms with E-state index in [1.807, 2.05) is 0 Å². The number of hydrogen-bond acceptors (Lipinski definition) is 5. The molecule has 1 aromatic heterocycles. The van der Waals surface area contributed by atoms with Gasteiger partial charge in [-0.15, -0.1) is 5.10 Å². The Kier molecular flexibility index (Phi) is 3.01. The van der Waals surface area contributed by atoms with Crippen molar-refractivity contribution in [3.05, 3.63) is 5.89 Å². The molecule has 0 aromatic carbocycles. The first-order valence-electron chi connectivity index (χ1n) is 6.98. The topological polar surface area (TPSA) is 63.0 Å². The molecule has 0 amide bonds. The molecule has 3 rings (SSSR count). The van der Waals surface area contributed by atoms with Crippen LogP contribution in [0.2, 0.25) is 0 Å². The van der Waals surface area contributed by atoms with Gasteiger partial charge < -0.3 is 15.1 Å². The lowest BCUT2D eigenvalue weighted by atomic mass is 10.0. The van der Waals surface area contributed by atoms with E-state index in [1.54, 1.807) is 0 Å². The molecule has 0 atom stereocenters. The summed E-state index contributed by atoms with van der Waals surface area (Å²) in [6.07, 6.45) is 5.55. The van der Waals surface area contributed by atoms with Gasteiger partial charge in [-0.25, -0.2) is 0 Å². The van der Waals surface area contributed by atoms with Gasteiger partial charge >= 0.3 is 6.01 Å². The van der Waals surface area contributed by atoms with Crippen molar-refractivity contribution in [3.63, 3.8) is 0 Å². The minimum atomic E-state index is 0.429. The van der Waals surface area contributed by atoms with Crippen LogP contribution in [0.4, 0.5) is 6.01 Å². The first-order valence-corrected chi connectivity index (χ1v) is 6.98. The predicted octanol–water partition coefficient (Wildman–Crippen LogP) is 2.17. The second-order valence-corrected chi connectivity index (χ2v) is 6.03. The van der Waals surface area contributed by atoms with Gasteiger partial charge in [-0.1, -0.05) is 18.9 Å². The lowest BCUT2D eigenvalue weighted by Gasteiger charge is -2.13. The highest BCUT2D eigenvalue weighted by molar-refractivity contribution is 5.21. The summed E-state index contributed by atoms with van der Waals surface area (Å²) in [4.78, 5) is 0. The molecule has 2 saturated carbocycles. The first-order chi connectivity index (χ1) is 8.68. The molecular weight excluding hydrogens is 228 g/mol. The van der Waals surface area contributed by atoms with Crippen molar-refractivity contribution in [3.8, 4) is 0 Å². The summed E-state index contributed by atoms with van der Waals surface area (Å²) >= 11 is 0. The van der Waals surface area contributed by atoms with E-state index in [2.05, 4.69) is 34.7 Å². The van der Waals surface area contributed by atoms with Crippen LogP contribution in [0.5, 0.6) is 0 Å². The Morgan fingerprint density at radius 3 is 2.72 bits per heavy atom. The molecule has 0 aliphatic heterocycles.